The molecule has 1 saturated heterocycles. The zero-order valence-electron chi connectivity index (χ0n) is 18.9. The normalized spacial score (nSPS) is 24.1. The van der Waals surface area contributed by atoms with E-state index < -0.39 is 33.0 Å². The Kier molecular flexibility index (Phi) is 7.31. The first kappa shape index (κ1) is 25.1. The van der Waals surface area contributed by atoms with Crippen LogP contribution in [0.5, 0.6) is 5.75 Å². The molecule has 0 spiro atoms. The number of Topliss-reactive ketones (excluding diaryl/α,β-unsaturated/α-hetero) is 1. The molecular formula is C25H27ClF2O5S. The fourth-order valence-corrected chi connectivity index (χ4v) is 6.71. The Morgan fingerprint density at radius 3 is 2.53 bits per heavy atom. The van der Waals surface area contributed by atoms with Crippen molar-refractivity contribution in [2.45, 2.75) is 44.1 Å². The number of rotatable bonds is 8. The Morgan fingerprint density at radius 1 is 1.12 bits per heavy atom. The average molecular weight is 513 g/mol. The lowest BCUT2D eigenvalue weighted by Gasteiger charge is -2.51. The summed E-state index contributed by atoms with van der Waals surface area (Å²) < 4.78 is 66.6. The Balaban J connectivity index is 1.69. The third-order valence-electron chi connectivity index (χ3n) is 6.91. The topological polar surface area (TPSA) is 69.7 Å². The lowest BCUT2D eigenvalue weighted by molar-refractivity contribution is -0.116. The van der Waals surface area contributed by atoms with Gasteiger partial charge in [-0.3, -0.25) is 4.79 Å². The molecule has 3 atom stereocenters. The van der Waals surface area contributed by atoms with E-state index in [2.05, 4.69) is 0 Å². The van der Waals surface area contributed by atoms with E-state index in [1.807, 2.05) is 12.1 Å². The van der Waals surface area contributed by atoms with Crippen LogP contribution in [-0.2, 0) is 31.2 Å². The van der Waals surface area contributed by atoms with E-state index in [-0.39, 0.29) is 60.6 Å². The van der Waals surface area contributed by atoms with Crippen LogP contribution in [0, 0.1) is 17.6 Å². The first-order chi connectivity index (χ1) is 16.1. The summed E-state index contributed by atoms with van der Waals surface area (Å²) in [5.74, 6) is -2.20. The first-order valence-electron chi connectivity index (χ1n) is 11.3. The fourth-order valence-electron chi connectivity index (χ4n) is 5.19. The van der Waals surface area contributed by atoms with Crippen LogP contribution in [0.15, 0.2) is 36.4 Å². The lowest BCUT2D eigenvalue weighted by Crippen LogP contribution is -2.55. The molecule has 2 aromatic rings. The second kappa shape index (κ2) is 9.91. The predicted molar refractivity (Wildman–Crippen MR) is 125 cm³/mol. The van der Waals surface area contributed by atoms with Gasteiger partial charge in [0.2, 0.25) is 0 Å². The van der Waals surface area contributed by atoms with Gasteiger partial charge in [0.1, 0.15) is 11.6 Å². The van der Waals surface area contributed by atoms with Crippen LogP contribution in [0.3, 0.4) is 0 Å². The summed E-state index contributed by atoms with van der Waals surface area (Å²) >= 11 is 6.04. The zero-order valence-corrected chi connectivity index (χ0v) is 20.4. The van der Waals surface area contributed by atoms with Gasteiger partial charge in [-0.25, -0.2) is 17.2 Å². The highest BCUT2D eigenvalue weighted by molar-refractivity contribution is 7.91. The Morgan fingerprint density at radius 2 is 1.82 bits per heavy atom. The van der Waals surface area contributed by atoms with Gasteiger partial charge in [0.05, 0.1) is 24.2 Å². The number of halogens is 3. The summed E-state index contributed by atoms with van der Waals surface area (Å²) in [6.07, 6.45) is 0.471. The van der Waals surface area contributed by atoms with Gasteiger partial charge in [0, 0.05) is 34.9 Å². The minimum Gasteiger partial charge on any atom is -0.490 e. The highest BCUT2D eigenvalue weighted by Gasteiger charge is 2.53. The number of ether oxygens (including phenoxy) is 2. The summed E-state index contributed by atoms with van der Waals surface area (Å²) in [5.41, 5.74) is 0.256. The molecule has 2 aliphatic rings. The average Bonchev–Trinajstić information content (AvgIpc) is 2.80. The van der Waals surface area contributed by atoms with Crippen LogP contribution in [0.4, 0.5) is 8.78 Å². The van der Waals surface area contributed by atoms with Crippen molar-refractivity contribution in [1.29, 1.82) is 0 Å². The maximum Gasteiger partial charge on any atom is 0.165 e. The first-order valence-corrected chi connectivity index (χ1v) is 13.5. The number of carbonyl (C=O) groups is 1. The molecule has 0 N–H and O–H groups in total. The van der Waals surface area contributed by atoms with Gasteiger partial charge in [-0.15, -0.1) is 0 Å². The van der Waals surface area contributed by atoms with Crippen molar-refractivity contribution in [3.63, 3.8) is 0 Å². The monoisotopic (exact) mass is 512 g/mol. The van der Waals surface area contributed by atoms with E-state index in [0.29, 0.717) is 17.9 Å². The van der Waals surface area contributed by atoms with Gasteiger partial charge in [0.15, 0.2) is 21.4 Å². The molecular weight excluding hydrogens is 486 g/mol. The SMILES string of the molecule is CC(=O)CCS(=O)(=O)CC[C@@H]1OCC[C@@]2(Cc3ccc(Cl)cc3)c3c(F)ccc(F)c3OC[C@@H]12. The predicted octanol–water partition coefficient (Wildman–Crippen LogP) is 4.68. The van der Waals surface area contributed by atoms with E-state index in [9.17, 15) is 17.6 Å². The number of carbonyl (C=O) groups excluding carboxylic acids is 1. The maximum atomic E-state index is 15.3. The largest absolute Gasteiger partial charge is 0.490 e. The van der Waals surface area contributed by atoms with Gasteiger partial charge < -0.3 is 9.47 Å². The quantitative estimate of drug-likeness (QED) is 0.513. The molecule has 0 unspecified atom stereocenters. The van der Waals surface area contributed by atoms with Gasteiger partial charge in [-0.05, 0) is 56.0 Å². The zero-order chi connectivity index (χ0) is 24.5. The number of hydrogen-bond donors (Lipinski definition) is 0. The van der Waals surface area contributed by atoms with E-state index in [1.165, 1.54) is 6.92 Å². The summed E-state index contributed by atoms with van der Waals surface area (Å²) in [4.78, 5) is 11.2. The highest BCUT2D eigenvalue weighted by Crippen LogP contribution is 2.52. The highest BCUT2D eigenvalue weighted by atomic mass is 35.5. The Bertz CT molecular complexity index is 1170. The molecule has 34 heavy (non-hydrogen) atoms. The molecule has 5 nitrogen and oxygen atoms in total. The van der Waals surface area contributed by atoms with Crippen molar-refractivity contribution in [1.82, 2.24) is 0 Å². The number of sulfone groups is 1. The lowest BCUT2D eigenvalue weighted by atomic mass is 9.60. The number of fused-ring (bicyclic) bond motifs is 3. The van der Waals surface area contributed by atoms with Gasteiger partial charge in [0.25, 0.3) is 0 Å². The third-order valence-corrected chi connectivity index (χ3v) is 8.85. The minimum atomic E-state index is -3.46. The van der Waals surface area contributed by atoms with Gasteiger partial charge >= 0.3 is 0 Å². The van der Waals surface area contributed by atoms with Crippen molar-refractivity contribution >= 4 is 27.2 Å². The van der Waals surface area contributed by atoms with Crippen LogP contribution < -0.4 is 4.74 Å². The molecule has 2 aromatic carbocycles. The van der Waals surface area contributed by atoms with E-state index in [4.69, 9.17) is 21.1 Å². The summed E-state index contributed by atoms with van der Waals surface area (Å²) in [6.45, 7) is 1.71. The second-order valence-electron chi connectivity index (χ2n) is 9.16. The second-order valence-corrected chi connectivity index (χ2v) is 11.9. The number of ketones is 1. The fraction of sp³-hybridized carbons (Fsp3) is 0.480. The van der Waals surface area contributed by atoms with Crippen molar-refractivity contribution in [3.8, 4) is 5.75 Å². The van der Waals surface area contributed by atoms with Crippen LogP contribution in [0.2, 0.25) is 5.02 Å². The number of hydrogen-bond acceptors (Lipinski definition) is 5. The van der Waals surface area contributed by atoms with E-state index in [1.54, 1.807) is 12.1 Å². The molecule has 0 bridgehead atoms. The summed E-state index contributed by atoms with van der Waals surface area (Å²) in [6, 6.07) is 9.39. The van der Waals surface area contributed by atoms with E-state index >= 15 is 4.39 Å². The van der Waals surface area contributed by atoms with Gasteiger partial charge in [-0.2, -0.15) is 0 Å². The van der Waals surface area contributed by atoms with Crippen LogP contribution in [0.25, 0.3) is 0 Å². The van der Waals surface area contributed by atoms with Crippen LogP contribution in [-0.4, -0.2) is 45.0 Å². The molecule has 0 aromatic heterocycles. The molecule has 4 rings (SSSR count). The molecule has 2 heterocycles. The molecule has 2 aliphatic heterocycles. The Labute approximate surface area is 203 Å². The molecule has 1 fully saturated rings. The standard InChI is InChI=1S/C25H27ClF2O5S/c1-16(29)8-12-34(30,31)13-9-22-19-15-33-24-21(28)7-6-20(27)23(24)25(19,10-11-32-22)14-17-2-4-18(26)5-3-17/h2-7,19,22H,8-15H2,1H3/t19-,22-,25-/m0/s1. The van der Waals surface area contributed by atoms with Crippen molar-refractivity contribution in [2.24, 2.45) is 5.92 Å². The van der Waals surface area contributed by atoms with Crippen molar-refractivity contribution < 1.29 is 31.5 Å². The Hall–Kier alpha value is -2.03. The van der Waals surface area contributed by atoms with Crippen LogP contribution in [0.1, 0.15) is 37.3 Å². The summed E-state index contributed by atoms with van der Waals surface area (Å²) in [5, 5.41) is 0.572. The minimum absolute atomic E-state index is 0.0290. The maximum absolute atomic E-state index is 15.3. The third kappa shape index (κ3) is 5.14. The van der Waals surface area contributed by atoms with E-state index in [0.717, 1.165) is 17.7 Å². The smallest absolute Gasteiger partial charge is 0.165 e. The van der Waals surface area contributed by atoms with Crippen molar-refractivity contribution in [2.75, 3.05) is 24.7 Å². The van der Waals surface area contributed by atoms with Crippen molar-refractivity contribution in [3.05, 3.63) is 64.2 Å². The molecule has 0 radical (unpaired) electrons. The van der Waals surface area contributed by atoms with Gasteiger partial charge in [-0.1, -0.05) is 23.7 Å². The molecule has 0 amide bonds. The molecule has 0 saturated carbocycles. The van der Waals surface area contributed by atoms with Crippen LogP contribution >= 0.6 is 11.6 Å². The molecule has 0 aliphatic carbocycles. The molecule has 184 valence electrons. The molecule has 9 heteroatoms. The number of benzene rings is 2. The summed E-state index contributed by atoms with van der Waals surface area (Å²) in [7, 11) is -3.46.